The van der Waals surface area contributed by atoms with E-state index >= 15 is 0 Å². The molecule has 0 saturated heterocycles. The first kappa shape index (κ1) is 14.3. The predicted molar refractivity (Wildman–Crippen MR) is 86.8 cm³/mol. The van der Waals surface area contributed by atoms with Crippen LogP contribution in [0, 0.1) is 0 Å². The molecule has 1 fully saturated rings. The van der Waals surface area contributed by atoms with Crippen LogP contribution in [0.3, 0.4) is 0 Å². The SMILES string of the molecule is COc1ccc(Br)cc1CC(=O)C1(c2ccccc2)CC1. The molecule has 0 aromatic heterocycles. The molecule has 0 aliphatic heterocycles. The monoisotopic (exact) mass is 344 g/mol. The van der Waals surface area contributed by atoms with Gasteiger partial charge in [-0.1, -0.05) is 46.3 Å². The first-order chi connectivity index (χ1) is 10.2. The van der Waals surface area contributed by atoms with Crippen LogP contribution >= 0.6 is 15.9 Å². The molecule has 2 aromatic carbocycles. The van der Waals surface area contributed by atoms with Crippen molar-refractivity contribution in [2.24, 2.45) is 0 Å². The number of halogens is 1. The van der Waals surface area contributed by atoms with Crippen molar-refractivity contribution in [2.75, 3.05) is 7.11 Å². The van der Waals surface area contributed by atoms with Gasteiger partial charge in [0, 0.05) is 16.5 Å². The second-order valence-corrected chi connectivity index (χ2v) is 6.42. The van der Waals surface area contributed by atoms with Crippen molar-refractivity contribution in [3.63, 3.8) is 0 Å². The van der Waals surface area contributed by atoms with Crippen LogP contribution in [-0.2, 0) is 16.6 Å². The standard InChI is InChI=1S/C18H17BrO2/c1-21-16-8-7-15(19)11-13(16)12-17(20)18(9-10-18)14-5-3-2-4-6-14/h2-8,11H,9-10,12H2,1H3. The molecule has 3 rings (SSSR count). The van der Waals surface area contributed by atoms with Crippen LogP contribution in [0.2, 0.25) is 0 Å². The molecule has 3 heteroatoms. The highest BCUT2D eigenvalue weighted by Gasteiger charge is 2.50. The van der Waals surface area contributed by atoms with Crippen LogP contribution in [0.5, 0.6) is 5.75 Å². The van der Waals surface area contributed by atoms with Crippen molar-refractivity contribution in [1.29, 1.82) is 0 Å². The van der Waals surface area contributed by atoms with E-state index in [0.29, 0.717) is 6.42 Å². The quantitative estimate of drug-likeness (QED) is 0.808. The Kier molecular flexibility index (Phi) is 3.85. The maximum atomic E-state index is 12.8. The molecule has 0 bridgehead atoms. The Morgan fingerprint density at radius 1 is 1.19 bits per heavy atom. The number of carbonyl (C=O) groups excluding carboxylic acids is 1. The van der Waals surface area contributed by atoms with Crippen molar-refractivity contribution in [1.82, 2.24) is 0 Å². The van der Waals surface area contributed by atoms with Gasteiger partial charge < -0.3 is 4.74 Å². The smallest absolute Gasteiger partial charge is 0.147 e. The predicted octanol–water partition coefficient (Wildman–Crippen LogP) is 4.30. The second-order valence-electron chi connectivity index (χ2n) is 5.50. The van der Waals surface area contributed by atoms with E-state index in [1.54, 1.807) is 7.11 Å². The van der Waals surface area contributed by atoms with Gasteiger partial charge in [-0.2, -0.15) is 0 Å². The van der Waals surface area contributed by atoms with Crippen molar-refractivity contribution < 1.29 is 9.53 Å². The van der Waals surface area contributed by atoms with Crippen LogP contribution < -0.4 is 4.74 Å². The lowest BCUT2D eigenvalue weighted by molar-refractivity contribution is -0.120. The number of rotatable bonds is 5. The number of methoxy groups -OCH3 is 1. The van der Waals surface area contributed by atoms with E-state index in [0.717, 1.165) is 34.2 Å². The fourth-order valence-corrected chi connectivity index (χ4v) is 3.25. The molecule has 0 unspecified atom stereocenters. The molecule has 0 atom stereocenters. The molecule has 0 radical (unpaired) electrons. The van der Waals surface area contributed by atoms with Gasteiger partial charge in [0.15, 0.2) is 0 Å². The number of carbonyl (C=O) groups is 1. The average Bonchev–Trinajstić information content (AvgIpc) is 3.30. The molecule has 0 spiro atoms. The topological polar surface area (TPSA) is 26.3 Å². The fourth-order valence-electron chi connectivity index (χ4n) is 2.84. The zero-order chi connectivity index (χ0) is 14.9. The van der Waals surface area contributed by atoms with E-state index in [1.807, 2.05) is 36.4 Å². The highest BCUT2D eigenvalue weighted by molar-refractivity contribution is 9.10. The summed E-state index contributed by atoms with van der Waals surface area (Å²) < 4.78 is 6.34. The van der Waals surface area contributed by atoms with Crippen LogP contribution in [0.4, 0.5) is 0 Å². The van der Waals surface area contributed by atoms with Gasteiger partial charge in [0.2, 0.25) is 0 Å². The Balaban J connectivity index is 1.86. The van der Waals surface area contributed by atoms with Crippen LogP contribution in [-0.4, -0.2) is 12.9 Å². The second kappa shape index (κ2) is 5.64. The minimum atomic E-state index is -0.269. The molecule has 1 saturated carbocycles. The van der Waals surface area contributed by atoms with Gasteiger partial charge in [-0.05, 0) is 36.6 Å². The number of hydrogen-bond acceptors (Lipinski definition) is 2. The lowest BCUT2D eigenvalue weighted by Crippen LogP contribution is -2.22. The van der Waals surface area contributed by atoms with Gasteiger partial charge in [0.05, 0.1) is 12.5 Å². The summed E-state index contributed by atoms with van der Waals surface area (Å²) in [6, 6.07) is 15.9. The summed E-state index contributed by atoms with van der Waals surface area (Å²) in [7, 11) is 1.64. The molecule has 0 heterocycles. The third-order valence-corrected chi connectivity index (χ3v) is 4.70. The van der Waals surface area contributed by atoms with E-state index in [-0.39, 0.29) is 11.2 Å². The normalized spacial score (nSPS) is 15.5. The van der Waals surface area contributed by atoms with Gasteiger partial charge in [0.25, 0.3) is 0 Å². The van der Waals surface area contributed by atoms with E-state index < -0.39 is 0 Å². The highest BCUT2D eigenvalue weighted by Crippen LogP contribution is 2.49. The highest BCUT2D eigenvalue weighted by atomic mass is 79.9. The largest absolute Gasteiger partial charge is 0.496 e. The Morgan fingerprint density at radius 2 is 1.90 bits per heavy atom. The minimum Gasteiger partial charge on any atom is -0.496 e. The van der Waals surface area contributed by atoms with Crippen molar-refractivity contribution >= 4 is 21.7 Å². The third-order valence-electron chi connectivity index (χ3n) is 4.20. The Labute approximate surface area is 133 Å². The van der Waals surface area contributed by atoms with Gasteiger partial charge in [-0.3, -0.25) is 4.79 Å². The summed E-state index contributed by atoms with van der Waals surface area (Å²) in [6.45, 7) is 0. The van der Waals surface area contributed by atoms with Gasteiger partial charge in [-0.25, -0.2) is 0 Å². The fraction of sp³-hybridized carbons (Fsp3) is 0.278. The molecule has 0 N–H and O–H groups in total. The Bertz CT molecular complexity index is 660. The van der Waals surface area contributed by atoms with Crippen LogP contribution in [0.15, 0.2) is 53.0 Å². The Morgan fingerprint density at radius 3 is 2.52 bits per heavy atom. The molecular formula is C18H17BrO2. The van der Waals surface area contributed by atoms with Gasteiger partial charge in [0.1, 0.15) is 11.5 Å². The summed E-state index contributed by atoms with van der Waals surface area (Å²) in [4.78, 5) is 12.8. The average molecular weight is 345 g/mol. The number of Topliss-reactive ketones (excluding diaryl/α,β-unsaturated/α-hetero) is 1. The van der Waals surface area contributed by atoms with Crippen LogP contribution in [0.1, 0.15) is 24.0 Å². The first-order valence-corrected chi connectivity index (χ1v) is 7.86. The molecular weight excluding hydrogens is 328 g/mol. The molecule has 2 nitrogen and oxygen atoms in total. The number of hydrogen-bond donors (Lipinski definition) is 0. The number of benzene rings is 2. The van der Waals surface area contributed by atoms with E-state index in [1.165, 1.54) is 0 Å². The summed E-state index contributed by atoms with van der Waals surface area (Å²) in [6.07, 6.45) is 2.32. The first-order valence-electron chi connectivity index (χ1n) is 7.07. The minimum absolute atomic E-state index is 0.269. The molecule has 2 aromatic rings. The van der Waals surface area contributed by atoms with Crippen molar-refractivity contribution in [3.8, 4) is 5.75 Å². The number of ketones is 1. The van der Waals surface area contributed by atoms with E-state index in [2.05, 4.69) is 28.1 Å². The molecule has 1 aliphatic rings. The van der Waals surface area contributed by atoms with Crippen molar-refractivity contribution in [2.45, 2.75) is 24.7 Å². The molecule has 0 amide bonds. The molecule has 1 aliphatic carbocycles. The van der Waals surface area contributed by atoms with Gasteiger partial charge >= 0.3 is 0 Å². The van der Waals surface area contributed by atoms with E-state index in [9.17, 15) is 4.79 Å². The molecule has 21 heavy (non-hydrogen) atoms. The lowest BCUT2D eigenvalue weighted by atomic mass is 9.88. The van der Waals surface area contributed by atoms with Crippen LogP contribution in [0.25, 0.3) is 0 Å². The van der Waals surface area contributed by atoms with Crippen molar-refractivity contribution in [3.05, 3.63) is 64.1 Å². The van der Waals surface area contributed by atoms with E-state index in [4.69, 9.17) is 4.74 Å². The Hall–Kier alpha value is -1.61. The number of ether oxygens (including phenoxy) is 1. The lowest BCUT2D eigenvalue weighted by Gasteiger charge is -2.16. The zero-order valence-electron chi connectivity index (χ0n) is 11.9. The summed E-state index contributed by atoms with van der Waals surface area (Å²) in [5.41, 5.74) is 1.82. The molecule has 108 valence electrons. The maximum absolute atomic E-state index is 12.8. The summed E-state index contributed by atoms with van der Waals surface area (Å²) >= 11 is 3.46. The third kappa shape index (κ3) is 2.75. The maximum Gasteiger partial charge on any atom is 0.147 e. The zero-order valence-corrected chi connectivity index (χ0v) is 13.5. The summed E-state index contributed by atoms with van der Waals surface area (Å²) in [5.74, 6) is 1.06. The van der Waals surface area contributed by atoms with Gasteiger partial charge in [-0.15, -0.1) is 0 Å². The summed E-state index contributed by atoms with van der Waals surface area (Å²) in [5, 5.41) is 0.